The number of hydrogen-bond acceptors (Lipinski definition) is 3. The molecule has 2 aromatic rings. The average Bonchev–Trinajstić information content (AvgIpc) is 2.61. The minimum absolute atomic E-state index is 0.145. The average molecular weight is 357 g/mol. The molecule has 0 radical (unpaired) electrons. The smallest absolute Gasteiger partial charge is 0.241 e. The molecule has 0 aromatic heterocycles. The number of hydrogen-bond donors (Lipinski definition) is 1. The normalized spacial score (nSPS) is 19.6. The molecule has 0 heterocycles. The van der Waals surface area contributed by atoms with Crippen molar-refractivity contribution in [1.82, 2.24) is 4.72 Å². The van der Waals surface area contributed by atoms with Crippen LogP contribution in [0, 0.1) is 12.8 Å². The van der Waals surface area contributed by atoms with Gasteiger partial charge in [-0.05, 0) is 37.5 Å². The van der Waals surface area contributed by atoms with Crippen LogP contribution in [0.25, 0.3) is 0 Å². The highest BCUT2D eigenvalue weighted by Crippen LogP contribution is 2.33. The summed E-state index contributed by atoms with van der Waals surface area (Å²) >= 11 is 0. The van der Waals surface area contributed by atoms with E-state index in [1.54, 1.807) is 24.3 Å². The standard InChI is InChI=1S/C20H23NO3S/c1-15-11-13-17(14-12-15)25(23,24)21-20(16-7-3-2-4-8-16)18-9-5-6-10-19(18)22/h2-4,7-8,11-14,18,20-21H,5-6,9-10H2,1H3/t18-,20-/m0/s1. The Morgan fingerprint density at radius 1 is 1.00 bits per heavy atom. The first-order valence-corrected chi connectivity index (χ1v) is 10.1. The van der Waals surface area contributed by atoms with Crippen molar-refractivity contribution in [3.05, 3.63) is 65.7 Å². The minimum Gasteiger partial charge on any atom is -0.299 e. The second-order valence-electron chi connectivity index (χ2n) is 6.64. The maximum Gasteiger partial charge on any atom is 0.241 e. The number of sulfonamides is 1. The lowest BCUT2D eigenvalue weighted by Gasteiger charge is -2.30. The number of carbonyl (C=O) groups excluding carboxylic acids is 1. The predicted octanol–water partition coefficient (Wildman–Crippen LogP) is 3.77. The van der Waals surface area contributed by atoms with Crippen molar-refractivity contribution >= 4 is 15.8 Å². The minimum atomic E-state index is -3.70. The molecule has 132 valence electrons. The second-order valence-corrected chi connectivity index (χ2v) is 8.36. The van der Waals surface area contributed by atoms with Gasteiger partial charge in [0.05, 0.1) is 10.9 Å². The van der Waals surface area contributed by atoms with Crippen LogP contribution in [0.3, 0.4) is 0 Å². The van der Waals surface area contributed by atoms with Gasteiger partial charge in [-0.2, -0.15) is 0 Å². The van der Waals surface area contributed by atoms with Crippen molar-refractivity contribution in [2.45, 2.75) is 43.5 Å². The summed E-state index contributed by atoms with van der Waals surface area (Å²) in [4.78, 5) is 12.7. The van der Waals surface area contributed by atoms with Crippen molar-refractivity contribution in [3.8, 4) is 0 Å². The van der Waals surface area contributed by atoms with Crippen LogP contribution in [0.2, 0.25) is 0 Å². The molecule has 0 aliphatic heterocycles. The Morgan fingerprint density at radius 3 is 2.32 bits per heavy atom. The quantitative estimate of drug-likeness (QED) is 0.886. The van der Waals surface area contributed by atoms with E-state index in [9.17, 15) is 13.2 Å². The molecule has 1 saturated carbocycles. The summed E-state index contributed by atoms with van der Waals surface area (Å²) in [6.07, 6.45) is 3.09. The molecular formula is C20H23NO3S. The fourth-order valence-electron chi connectivity index (χ4n) is 3.36. The van der Waals surface area contributed by atoms with Crippen LogP contribution in [-0.2, 0) is 14.8 Å². The highest BCUT2D eigenvalue weighted by molar-refractivity contribution is 7.89. The predicted molar refractivity (Wildman–Crippen MR) is 97.6 cm³/mol. The van der Waals surface area contributed by atoms with Gasteiger partial charge >= 0.3 is 0 Å². The van der Waals surface area contributed by atoms with E-state index in [-0.39, 0.29) is 16.6 Å². The fourth-order valence-corrected chi connectivity index (χ4v) is 4.62. The molecule has 0 amide bonds. The molecule has 3 rings (SSSR count). The summed E-state index contributed by atoms with van der Waals surface area (Å²) in [5, 5.41) is 0. The zero-order valence-corrected chi connectivity index (χ0v) is 15.1. The van der Waals surface area contributed by atoms with Crippen molar-refractivity contribution in [2.24, 2.45) is 5.92 Å². The van der Waals surface area contributed by atoms with Gasteiger partial charge in [-0.1, -0.05) is 54.4 Å². The van der Waals surface area contributed by atoms with Gasteiger partial charge in [0.25, 0.3) is 0 Å². The molecule has 0 bridgehead atoms. The van der Waals surface area contributed by atoms with Crippen LogP contribution < -0.4 is 4.72 Å². The van der Waals surface area contributed by atoms with Crippen molar-refractivity contribution in [1.29, 1.82) is 0 Å². The monoisotopic (exact) mass is 357 g/mol. The number of benzene rings is 2. The number of ketones is 1. The third-order valence-corrected chi connectivity index (χ3v) is 6.23. The zero-order chi connectivity index (χ0) is 17.9. The van der Waals surface area contributed by atoms with Gasteiger partial charge in [-0.3, -0.25) is 4.79 Å². The SMILES string of the molecule is Cc1ccc(S(=O)(=O)N[C@@H](c2ccccc2)[C@H]2CCCCC2=O)cc1. The van der Waals surface area contributed by atoms with E-state index in [1.807, 2.05) is 37.3 Å². The van der Waals surface area contributed by atoms with E-state index in [0.29, 0.717) is 6.42 Å². The lowest BCUT2D eigenvalue weighted by atomic mass is 9.80. The molecule has 5 heteroatoms. The van der Waals surface area contributed by atoms with Crippen molar-refractivity contribution in [3.63, 3.8) is 0 Å². The van der Waals surface area contributed by atoms with Gasteiger partial charge in [0.15, 0.2) is 0 Å². The van der Waals surface area contributed by atoms with Crippen molar-refractivity contribution in [2.75, 3.05) is 0 Å². The molecule has 0 spiro atoms. The number of Topliss-reactive ketones (excluding diaryl/α,β-unsaturated/α-hetero) is 1. The van der Waals surface area contributed by atoms with Crippen LogP contribution in [-0.4, -0.2) is 14.2 Å². The van der Waals surface area contributed by atoms with Gasteiger partial charge in [0.2, 0.25) is 10.0 Å². The Hall–Kier alpha value is -1.98. The van der Waals surface area contributed by atoms with Gasteiger partial charge < -0.3 is 0 Å². The number of aryl methyl sites for hydroxylation is 1. The second kappa shape index (κ2) is 7.50. The van der Waals surface area contributed by atoms with Gasteiger partial charge in [-0.15, -0.1) is 0 Å². The van der Waals surface area contributed by atoms with E-state index < -0.39 is 16.1 Å². The number of carbonyl (C=O) groups is 1. The highest BCUT2D eigenvalue weighted by Gasteiger charge is 2.34. The molecule has 0 unspecified atom stereocenters. The molecule has 2 atom stereocenters. The van der Waals surface area contributed by atoms with Crippen LogP contribution in [0.1, 0.15) is 42.9 Å². The van der Waals surface area contributed by atoms with E-state index in [2.05, 4.69) is 4.72 Å². The lowest BCUT2D eigenvalue weighted by molar-refractivity contribution is -0.125. The zero-order valence-electron chi connectivity index (χ0n) is 14.3. The largest absolute Gasteiger partial charge is 0.299 e. The first kappa shape index (κ1) is 17.8. The molecule has 1 aliphatic rings. The van der Waals surface area contributed by atoms with E-state index in [4.69, 9.17) is 0 Å². The molecule has 2 aromatic carbocycles. The molecule has 1 fully saturated rings. The van der Waals surface area contributed by atoms with Crippen LogP contribution >= 0.6 is 0 Å². The van der Waals surface area contributed by atoms with Crippen LogP contribution in [0.4, 0.5) is 0 Å². The maximum atomic E-state index is 12.9. The Labute approximate surface area is 149 Å². The molecule has 25 heavy (non-hydrogen) atoms. The highest BCUT2D eigenvalue weighted by atomic mass is 32.2. The van der Waals surface area contributed by atoms with Gasteiger partial charge in [-0.25, -0.2) is 13.1 Å². The van der Waals surface area contributed by atoms with E-state index >= 15 is 0 Å². The van der Waals surface area contributed by atoms with Crippen molar-refractivity contribution < 1.29 is 13.2 Å². The number of rotatable bonds is 5. The Kier molecular flexibility index (Phi) is 5.35. The van der Waals surface area contributed by atoms with E-state index in [1.165, 1.54) is 0 Å². The van der Waals surface area contributed by atoms with Gasteiger partial charge in [0, 0.05) is 12.3 Å². The molecule has 1 N–H and O–H groups in total. The molecule has 0 saturated heterocycles. The summed E-state index contributed by atoms with van der Waals surface area (Å²) in [5.74, 6) is -0.164. The summed E-state index contributed by atoms with van der Waals surface area (Å²) in [6, 6.07) is 15.6. The third kappa shape index (κ3) is 4.17. The molecular weight excluding hydrogens is 334 g/mol. The summed E-state index contributed by atoms with van der Waals surface area (Å²) in [7, 11) is -3.70. The third-order valence-electron chi connectivity index (χ3n) is 4.78. The first-order chi connectivity index (χ1) is 12.0. The topological polar surface area (TPSA) is 63.2 Å². The lowest BCUT2D eigenvalue weighted by Crippen LogP contribution is -2.38. The Bertz CT molecular complexity index is 829. The summed E-state index contributed by atoms with van der Waals surface area (Å²) in [6.45, 7) is 1.91. The maximum absolute atomic E-state index is 12.9. The fraction of sp³-hybridized carbons (Fsp3) is 0.350. The van der Waals surface area contributed by atoms with Crippen LogP contribution in [0.15, 0.2) is 59.5 Å². The van der Waals surface area contributed by atoms with E-state index in [0.717, 1.165) is 30.4 Å². The van der Waals surface area contributed by atoms with Gasteiger partial charge in [0.1, 0.15) is 5.78 Å². The summed E-state index contributed by atoms with van der Waals surface area (Å²) < 4.78 is 28.5. The number of nitrogens with one attached hydrogen (secondary N) is 1. The first-order valence-electron chi connectivity index (χ1n) is 8.64. The summed E-state index contributed by atoms with van der Waals surface area (Å²) in [5.41, 5.74) is 1.83. The molecule has 4 nitrogen and oxygen atoms in total. The molecule has 1 aliphatic carbocycles. The Morgan fingerprint density at radius 2 is 1.68 bits per heavy atom. The Balaban J connectivity index is 1.94. The van der Waals surface area contributed by atoms with Crippen LogP contribution in [0.5, 0.6) is 0 Å².